The fourth-order valence-electron chi connectivity index (χ4n) is 3.96. The molecule has 0 bridgehead atoms. The zero-order valence-electron chi connectivity index (χ0n) is 16.7. The summed E-state index contributed by atoms with van der Waals surface area (Å²) >= 11 is 0. The van der Waals surface area contributed by atoms with Gasteiger partial charge in [0.15, 0.2) is 0 Å². The highest BCUT2D eigenvalue weighted by atomic mass is 14.9. The topological polar surface area (TPSA) is 25.8 Å². The largest absolute Gasteiger partial charge is 0.233 e. The Morgan fingerprint density at radius 1 is 0.724 bits per heavy atom. The van der Waals surface area contributed by atoms with Gasteiger partial charge in [-0.25, -0.2) is 9.97 Å². The first-order chi connectivity index (χ1) is 14.2. The van der Waals surface area contributed by atoms with Crippen LogP contribution in [0.4, 0.5) is 0 Å². The lowest BCUT2D eigenvalue weighted by Crippen LogP contribution is -1.96. The molecule has 0 atom stereocenters. The third-order valence-electron chi connectivity index (χ3n) is 5.40. The van der Waals surface area contributed by atoms with Crippen LogP contribution in [-0.2, 0) is 0 Å². The van der Waals surface area contributed by atoms with Gasteiger partial charge in [-0.3, -0.25) is 0 Å². The molecule has 1 aromatic heterocycles. The van der Waals surface area contributed by atoms with Gasteiger partial charge in [0.2, 0.25) is 0 Å². The maximum atomic E-state index is 4.78. The molecule has 0 spiro atoms. The minimum atomic E-state index is 0.785. The van der Waals surface area contributed by atoms with Crippen molar-refractivity contribution in [2.24, 2.45) is 0 Å². The van der Waals surface area contributed by atoms with E-state index >= 15 is 0 Å². The van der Waals surface area contributed by atoms with Gasteiger partial charge in [-0.2, -0.15) is 0 Å². The van der Waals surface area contributed by atoms with Crippen LogP contribution >= 0.6 is 0 Å². The molecule has 1 aliphatic rings. The van der Waals surface area contributed by atoms with Crippen molar-refractivity contribution >= 4 is 22.9 Å². The summed E-state index contributed by atoms with van der Waals surface area (Å²) in [6, 6.07) is 21.6. The van der Waals surface area contributed by atoms with Crippen LogP contribution in [0.3, 0.4) is 0 Å². The molecule has 0 saturated heterocycles. The molecule has 5 rings (SSSR count). The number of hydrogen-bond acceptors (Lipinski definition) is 2. The van der Waals surface area contributed by atoms with Crippen LogP contribution in [0.2, 0.25) is 0 Å². The number of allylic oxidation sites excluding steroid dienone is 2. The number of fused-ring (bicyclic) bond motifs is 2. The number of rotatable bonds is 2. The summed E-state index contributed by atoms with van der Waals surface area (Å²) in [5.74, 6) is 0.785. The molecule has 2 heteroatoms. The molecule has 0 fully saturated rings. The molecule has 140 valence electrons. The van der Waals surface area contributed by atoms with Crippen molar-refractivity contribution in [3.63, 3.8) is 0 Å². The Morgan fingerprint density at radius 3 is 2.45 bits per heavy atom. The average Bonchev–Trinajstić information content (AvgIpc) is 2.97. The number of aromatic nitrogens is 2. The fourth-order valence-corrected chi connectivity index (χ4v) is 3.96. The highest BCUT2D eigenvalue weighted by Gasteiger charge is 2.11. The third-order valence-corrected chi connectivity index (χ3v) is 5.40. The maximum absolute atomic E-state index is 4.78. The third kappa shape index (κ3) is 3.38. The van der Waals surface area contributed by atoms with Crippen LogP contribution in [0.25, 0.3) is 45.4 Å². The van der Waals surface area contributed by atoms with Crippen LogP contribution < -0.4 is 0 Å². The van der Waals surface area contributed by atoms with Gasteiger partial charge in [0.05, 0.1) is 11.4 Å². The summed E-state index contributed by atoms with van der Waals surface area (Å²) in [5.41, 5.74) is 7.92. The second-order valence-corrected chi connectivity index (χ2v) is 7.60. The smallest absolute Gasteiger partial charge is 0.126 e. The van der Waals surface area contributed by atoms with Crippen molar-refractivity contribution in [2.75, 3.05) is 0 Å². The second kappa shape index (κ2) is 7.14. The zero-order chi connectivity index (χ0) is 19.8. The van der Waals surface area contributed by atoms with Crippen LogP contribution in [0.15, 0.2) is 72.8 Å². The molecule has 1 aliphatic carbocycles. The molecule has 0 aliphatic heterocycles. The summed E-state index contributed by atoms with van der Waals surface area (Å²) in [4.78, 5) is 9.52. The van der Waals surface area contributed by atoms with Crippen LogP contribution in [0, 0.1) is 13.8 Å². The van der Waals surface area contributed by atoms with E-state index in [2.05, 4.69) is 91.9 Å². The predicted molar refractivity (Wildman–Crippen MR) is 123 cm³/mol. The van der Waals surface area contributed by atoms with Crippen molar-refractivity contribution in [3.8, 4) is 22.5 Å². The monoisotopic (exact) mass is 374 g/mol. The minimum Gasteiger partial charge on any atom is -0.233 e. The van der Waals surface area contributed by atoms with E-state index in [-0.39, 0.29) is 0 Å². The van der Waals surface area contributed by atoms with Crippen LogP contribution in [0.1, 0.15) is 28.9 Å². The lowest BCUT2D eigenvalue weighted by molar-refractivity contribution is 1.06. The van der Waals surface area contributed by atoms with E-state index in [1.165, 1.54) is 27.5 Å². The number of nitrogens with zero attached hydrogens (tertiary/aromatic N) is 2. The van der Waals surface area contributed by atoms with Gasteiger partial charge in [0.25, 0.3) is 0 Å². The van der Waals surface area contributed by atoms with Crippen LogP contribution in [0.5, 0.6) is 0 Å². The molecule has 0 saturated carbocycles. The van der Waals surface area contributed by atoms with Gasteiger partial charge in [0, 0.05) is 11.1 Å². The van der Waals surface area contributed by atoms with Crippen molar-refractivity contribution in [1.82, 2.24) is 9.97 Å². The van der Waals surface area contributed by atoms with E-state index in [0.29, 0.717) is 0 Å². The molecule has 1 heterocycles. The van der Waals surface area contributed by atoms with Gasteiger partial charge in [-0.05, 0) is 54.3 Å². The molecule has 0 amide bonds. The molecule has 3 aromatic carbocycles. The summed E-state index contributed by atoms with van der Waals surface area (Å²) in [6.45, 7) is 4.10. The first kappa shape index (κ1) is 17.6. The summed E-state index contributed by atoms with van der Waals surface area (Å²) in [5, 5.41) is 2.46. The normalized spacial score (nSPS) is 12.8. The standard InChI is InChI=1S/C27H22N2/c1-18-11-12-21-9-6-10-24(25(21)15-18)27-17-26(28-19(2)29-27)23-14-13-20-7-4-3-5-8-22(20)16-23/h4-17H,3H2,1-2H3. The van der Waals surface area contributed by atoms with Gasteiger partial charge < -0.3 is 0 Å². The lowest BCUT2D eigenvalue weighted by Gasteiger charge is -2.11. The minimum absolute atomic E-state index is 0.785. The summed E-state index contributed by atoms with van der Waals surface area (Å²) < 4.78 is 0. The van der Waals surface area contributed by atoms with E-state index in [1.54, 1.807) is 0 Å². The Balaban J connectivity index is 1.67. The highest BCUT2D eigenvalue weighted by molar-refractivity contribution is 5.96. The van der Waals surface area contributed by atoms with Gasteiger partial charge in [-0.1, -0.05) is 78.4 Å². The van der Waals surface area contributed by atoms with E-state index in [9.17, 15) is 0 Å². The Labute approximate surface area is 171 Å². The zero-order valence-corrected chi connectivity index (χ0v) is 16.7. The van der Waals surface area contributed by atoms with Gasteiger partial charge >= 0.3 is 0 Å². The van der Waals surface area contributed by atoms with E-state index in [1.807, 2.05) is 6.92 Å². The number of aryl methyl sites for hydroxylation is 2. The van der Waals surface area contributed by atoms with E-state index in [0.717, 1.165) is 34.8 Å². The molecule has 4 aromatic rings. The Hall–Kier alpha value is -3.52. The average molecular weight is 374 g/mol. The molecule has 29 heavy (non-hydrogen) atoms. The summed E-state index contributed by atoms with van der Waals surface area (Å²) in [6.07, 6.45) is 9.75. The molecule has 2 nitrogen and oxygen atoms in total. The summed E-state index contributed by atoms with van der Waals surface area (Å²) in [7, 11) is 0. The fraction of sp³-hybridized carbons (Fsp3) is 0.111. The Bertz CT molecular complexity index is 1300. The number of benzene rings is 3. The first-order valence-electron chi connectivity index (χ1n) is 10.0. The van der Waals surface area contributed by atoms with Gasteiger partial charge in [-0.15, -0.1) is 0 Å². The highest BCUT2D eigenvalue weighted by Crippen LogP contribution is 2.31. The van der Waals surface area contributed by atoms with Crippen molar-refractivity contribution < 1.29 is 0 Å². The van der Waals surface area contributed by atoms with E-state index in [4.69, 9.17) is 9.97 Å². The quantitative estimate of drug-likeness (QED) is 0.377. The molecular formula is C27H22N2. The Kier molecular flexibility index (Phi) is 4.33. The van der Waals surface area contributed by atoms with Crippen molar-refractivity contribution in [3.05, 3.63) is 95.3 Å². The predicted octanol–water partition coefficient (Wildman–Crippen LogP) is 7.01. The molecule has 0 N–H and O–H groups in total. The lowest BCUT2D eigenvalue weighted by atomic mass is 9.98. The van der Waals surface area contributed by atoms with Crippen LogP contribution in [-0.4, -0.2) is 9.97 Å². The second-order valence-electron chi connectivity index (χ2n) is 7.60. The van der Waals surface area contributed by atoms with Crippen molar-refractivity contribution in [1.29, 1.82) is 0 Å². The number of hydrogen-bond donors (Lipinski definition) is 0. The van der Waals surface area contributed by atoms with E-state index < -0.39 is 0 Å². The SMILES string of the molecule is Cc1ccc2cccc(-c3cc(-c4ccc5c(c4)C=CCC=C5)nc(C)n3)c2c1. The van der Waals surface area contributed by atoms with Crippen molar-refractivity contribution in [2.45, 2.75) is 20.3 Å². The maximum Gasteiger partial charge on any atom is 0.126 e. The first-order valence-corrected chi connectivity index (χ1v) is 10.0. The van der Waals surface area contributed by atoms with Gasteiger partial charge in [0.1, 0.15) is 5.82 Å². The molecular weight excluding hydrogens is 352 g/mol. The Morgan fingerprint density at radius 2 is 1.55 bits per heavy atom. The molecule has 0 unspecified atom stereocenters. The molecule has 0 radical (unpaired) electrons.